The van der Waals surface area contributed by atoms with Crippen LogP contribution in [-0.2, 0) is 46.7 Å². The van der Waals surface area contributed by atoms with Crippen LogP contribution in [-0.4, -0.2) is 10.9 Å². The molecule has 0 saturated heterocycles. The summed E-state index contributed by atoms with van der Waals surface area (Å²) in [7, 11) is 0. The summed E-state index contributed by atoms with van der Waals surface area (Å²) in [5.41, 5.74) is 15.5. The van der Waals surface area contributed by atoms with Crippen LogP contribution < -0.4 is 35.2 Å². The van der Waals surface area contributed by atoms with E-state index in [9.17, 15) is 0 Å². The third kappa shape index (κ3) is 18.1. The molecule has 4 aliphatic carbocycles. The summed E-state index contributed by atoms with van der Waals surface area (Å²) in [5, 5.41) is 13.6. The Labute approximate surface area is 568 Å². The van der Waals surface area contributed by atoms with Crippen molar-refractivity contribution in [3.8, 4) is 0 Å². The van der Waals surface area contributed by atoms with Crippen LogP contribution in [0.25, 0.3) is 65.4 Å². The van der Waals surface area contributed by atoms with Gasteiger partial charge in [-0.1, -0.05) is 271 Å². The molecule has 0 N–H and O–H groups in total. The molecule has 0 nitrogen and oxygen atoms in total. The smallest absolute Gasteiger partial charge is 1.00 e. The summed E-state index contributed by atoms with van der Waals surface area (Å²) in [4.78, 5) is 0. The van der Waals surface area contributed by atoms with Crippen LogP contribution in [0.3, 0.4) is 0 Å². The molecule has 10 aromatic rings. The first-order valence-corrected chi connectivity index (χ1v) is 41.4. The Balaban J connectivity index is 0.000000153. The molecule has 0 aliphatic heterocycles. The van der Waals surface area contributed by atoms with Gasteiger partial charge in [0, 0.05) is 0 Å². The van der Waals surface area contributed by atoms with E-state index >= 15 is 0 Å². The molecule has 0 spiro atoms. The molecule has 0 saturated carbocycles. The number of rotatable bonds is 6. The number of halogens is 2. The predicted octanol–water partition coefficient (Wildman–Crippen LogP) is 14.6. The van der Waals surface area contributed by atoms with E-state index in [4.69, 9.17) is 0 Å². The monoisotopic (exact) mass is 1370 g/mol. The van der Waals surface area contributed by atoms with Crippen molar-refractivity contribution in [2.45, 2.75) is 68.5 Å². The van der Waals surface area contributed by atoms with E-state index in [1.54, 1.807) is 57.0 Å². The van der Waals surface area contributed by atoms with Gasteiger partial charge in [-0.3, -0.25) is 24.3 Å². The van der Waals surface area contributed by atoms with Crippen LogP contribution in [0.5, 0.6) is 0 Å². The van der Waals surface area contributed by atoms with E-state index < -0.39 is 0 Å². The molecular formula is C82H76Cl2Si2Zr2-2. The van der Waals surface area contributed by atoms with Gasteiger partial charge in [-0.05, 0) is 43.1 Å². The third-order valence-electron chi connectivity index (χ3n) is 15.8. The van der Waals surface area contributed by atoms with Crippen molar-refractivity contribution in [1.82, 2.24) is 0 Å². The quantitative estimate of drug-likeness (QED) is 0.115. The summed E-state index contributed by atoms with van der Waals surface area (Å²) in [6.45, 7) is 22.0. The van der Waals surface area contributed by atoms with E-state index in [2.05, 4.69) is 348 Å². The van der Waals surface area contributed by atoms with E-state index in [-0.39, 0.29) is 35.7 Å². The van der Waals surface area contributed by atoms with Crippen LogP contribution in [0, 0.1) is 48.0 Å². The molecule has 0 radical (unpaired) electrons. The normalized spacial score (nSPS) is 16.8. The van der Waals surface area contributed by atoms with Crippen LogP contribution in [0.4, 0.5) is 0 Å². The summed E-state index contributed by atoms with van der Waals surface area (Å²) in [5.74, 6) is 1.74. The first-order chi connectivity index (χ1) is 41.6. The van der Waals surface area contributed by atoms with Crippen molar-refractivity contribution < 1.29 is 71.5 Å². The Bertz CT molecular complexity index is 3820. The molecule has 88 heavy (non-hydrogen) atoms. The summed E-state index contributed by atoms with van der Waals surface area (Å²) in [6.07, 6.45) is 23.0. The molecule has 0 heterocycles. The second-order valence-corrected chi connectivity index (χ2v) is 37.4. The van der Waals surface area contributed by atoms with Crippen LogP contribution in [0.1, 0.15) is 77.6 Å². The third-order valence-corrected chi connectivity index (χ3v) is 22.4. The maximum atomic E-state index is 3.45. The molecular weight excluding hydrogens is 1290 g/mol. The molecule has 10 aromatic carbocycles. The number of fused-ring (bicyclic) bond motifs is 4. The molecule has 4 atom stereocenters. The summed E-state index contributed by atoms with van der Waals surface area (Å²) in [6, 6.07) is 81.8. The standard InChI is InChI=1S/4C17H15.2C7H8Si.2ClH.2Zr/c4*1-12-10-13(2)17(11-12)16-9-5-7-14-6-3-4-8-15(14)16;2*1-8-7-5-3-2-4-6-7;;;;/h4*3-9,11-12H,1-2H3;2*2-6H,1H3;2*1H;;/q4*-1;;;;;2*+2/p-2. The topological polar surface area (TPSA) is 0 Å². The van der Waals surface area contributed by atoms with E-state index in [1.165, 1.54) is 110 Å². The maximum absolute atomic E-state index is 3.45. The predicted molar refractivity (Wildman–Crippen MR) is 369 cm³/mol. The zero-order chi connectivity index (χ0) is 60.7. The minimum atomic E-state index is -0.122. The summed E-state index contributed by atoms with van der Waals surface area (Å²) >= 11 is 3.38. The van der Waals surface area contributed by atoms with E-state index in [0.29, 0.717) is 23.7 Å². The number of hydrogen-bond acceptors (Lipinski definition) is 0. The number of benzene rings is 10. The van der Waals surface area contributed by atoms with Gasteiger partial charge in [0.05, 0.1) is 0 Å². The Morgan fingerprint density at radius 2 is 0.466 bits per heavy atom. The zero-order valence-electron chi connectivity index (χ0n) is 52.3. The Morgan fingerprint density at radius 1 is 0.273 bits per heavy atom. The fourth-order valence-electron chi connectivity index (χ4n) is 11.7. The van der Waals surface area contributed by atoms with Crippen molar-refractivity contribution in [3.05, 3.63) is 324 Å². The number of hydrogen-bond donors (Lipinski definition) is 0. The summed E-state index contributed by atoms with van der Waals surface area (Å²) < 4.78 is 0. The maximum Gasteiger partial charge on any atom is -1.00 e. The molecule has 0 fully saturated rings. The van der Waals surface area contributed by atoms with Crippen molar-refractivity contribution in [2.75, 3.05) is 0 Å². The van der Waals surface area contributed by atoms with Gasteiger partial charge in [0.25, 0.3) is 0 Å². The fourth-order valence-corrected chi connectivity index (χ4v) is 15.6. The molecule has 436 valence electrons. The van der Waals surface area contributed by atoms with Crippen LogP contribution in [0.15, 0.2) is 277 Å². The zero-order valence-corrected chi connectivity index (χ0v) is 60.7. The van der Waals surface area contributed by atoms with Gasteiger partial charge >= 0.3 is 142 Å². The minimum Gasteiger partial charge on any atom is -1.00 e. The molecule has 4 aliphatic rings. The molecule has 4 unspecified atom stereocenters. The Morgan fingerprint density at radius 3 is 0.648 bits per heavy atom. The van der Waals surface area contributed by atoms with Crippen molar-refractivity contribution >= 4 is 86.6 Å². The van der Waals surface area contributed by atoms with Crippen molar-refractivity contribution in [3.63, 3.8) is 0 Å². The number of allylic oxidation sites excluding steroid dienone is 16. The van der Waals surface area contributed by atoms with Gasteiger partial charge in [-0.25, -0.2) is 22.3 Å². The fraction of sp³-hybridized carbons (Fsp3) is 0.171. The molecule has 0 amide bonds. The molecule has 14 rings (SSSR count). The SMILES string of the molecule is CC1=[C-]C(C)C=C1c1cccc2ccccc12.CC1=[C-]C(C)C=C1c1cccc2ccccc12.CC1=[C-]C(C)C=C1c1cccc2ccccc12.CC1=[C-]C(C)C=C1c1cccc2ccccc12.C[Si](=[Zr+2])c1ccccc1.C[Si](=[Zr+2])c1ccccc1.[Cl-].[Cl-]. The Hall–Kier alpha value is -6.06. The molecule has 0 bridgehead atoms. The van der Waals surface area contributed by atoms with Crippen LogP contribution >= 0.6 is 0 Å². The average molecular weight is 1370 g/mol. The van der Waals surface area contributed by atoms with E-state index in [0.717, 1.165) is 0 Å². The first kappa shape index (κ1) is 69.4. The van der Waals surface area contributed by atoms with Crippen molar-refractivity contribution in [1.29, 1.82) is 0 Å². The first-order valence-electron chi connectivity index (χ1n) is 30.1. The van der Waals surface area contributed by atoms with Gasteiger partial charge in [-0.15, -0.1) is 0 Å². The largest absolute Gasteiger partial charge is 1.00 e. The van der Waals surface area contributed by atoms with Gasteiger partial charge in [0.15, 0.2) is 0 Å². The van der Waals surface area contributed by atoms with Gasteiger partial charge in [-0.2, -0.15) is 46.6 Å². The second-order valence-electron chi connectivity index (χ2n) is 22.6. The Kier molecular flexibility index (Phi) is 26.6. The van der Waals surface area contributed by atoms with Crippen molar-refractivity contribution in [2.24, 2.45) is 23.7 Å². The van der Waals surface area contributed by atoms with Gasteiger partial charge in [0.2, 0.25) is 0 Å². The van der Waals surface area contributed by atoms with Gasteiger partial charge < -0.3 is 24.8 Å². The second kappa shape index (κ2) is 33.7. The van der Waals surface area contributed by atoms with E-state index in [1.807, 2.05) is 0 Å². The van der Waals surface area contributed by atoms with Crippen LogP contribution in [0.2, 0.25) is 13.1 Å². The molecule has 0 aromatic heterocycles. The minimum absolute atomic E-state index is 0. The average Bonchev–Trinajstić information content (AvgIpc) is 4.32. The van der Waals surface area contributed by atoms with Gasteiger partial charge in [0.1, 0.15) is 0 Å². The molecule has 6 heteroatoms.